The van der Waals surface area contributed by atoms with Crippen molar-refractivity contribution >= 4 is 11.6 Å². The zero-order chi connectivity index (χ0) is 16.2. The molecule has 1 heterocycles. The molecule has 23 heavy (non-hydrogen) atoms. The SMILES string of the molecule is C=CCN(CC1CC(c2ccccc2C)=NO1)C(=O)C1CCC1. The van der Waals surface area contributed by atoms with E-state index in [4.69, 9.17) is 4.84 Å². The molecule has 1 aliphatic carbocycles. The minimum absolute atomic E-state index is 0.0615. The van der Waals surface area contributed by atoms with Crippen molar-refractivity contribution in [1.29, 1.82) is 0 Å². The van der Waals surface area contributed by atoms with E-state index in [0.717, 1.165) is 30.5 Å². The first kappa shape index (κ1) is 15.8. The molecule has 4 heteroatoms. The van der Waals surface area contributed by atoms with Gasteiger partial charge in [0.25, 0.3) is 0 Å². The van der Waals surface area contributed by atoms with Crippen molar-refractivity contribution in [2.75, 3.05) is 13.1 Å². The summed E-state index contributed by atoms with van der Waals surface area (Å²) in [5, 5.41) is 4.25. The Morgan fingerprint density at radius 1 is 1.43 bits per heavy atom. The van der Waals surface area contributed by atoms with Crippen molar-refractivity contribution < 1.29 is 9.63 Å². The number of rotatable bonds is 6. The summed E-state index contributed by atoms with van der Waals surface area (Å²) in [6.45, 7) is 7.01. The average molecular weight is 312 g/mol. The predicted octanol–water partition coefficient (Wildman–Crippen LogP) is 3.30. The van der Waals surface area contributed by atoms with Crippen molar-refractivity contribution in [2.24, 2.45) is 11.1 Å². The Labute approximate surface area is 137 Å². The maximum absolute atomic E-state index is 12.5. The molecule has 2 aliphatic rings. The van der Waals surface area contributed by atoms with Crippen LogP contribution in [0.1, 0.15) is 36.8 Å². The smallest absolute Gasteiger partial charge is 0.226 e. The molecule has 0 spiro atoms. The molecule has 0 aromatic heterocycles. The molecule has 1 saturated carbocycles. The highest BCUT2D eigenvalue weighted by atomic mass is 16.6. The summed E-state index contributed by atoms with van der Waals surface area (Å²) < 4.78 is 0. The molecule has 1 amide bonds. The van der Waals surface area contributed by atoms with Gasteiger partial charge in [-0.25, -0.2) is 0 Å². The van der Waals surface area contributed by atoms with E-state index in [1.807, 2.05) is 17.0 Å². The van der Waals surface area contributed by atoms with Crippen molar-refractivity contribution in [2.45, 2.75) is 38.7 Å². The molecule has 3 rings (SSSR count). The third kappa shape index (κ3) is 3.46. The lowest BCUT2D eigenvalue weighted by atomic mass is 9.84. The summed E-state index contributed by atoms with van der Waals surface area (Å²) in [4.78, 5) is 20.0. The maximum Gasteiger partial charge on any atom is 0.226 e. The van der Waals surface area contributed by atoms with E-state index < -0.39 is 0 Å². The van der Waals surface area contributed by atoms with Crippen molar-refractivity contribution in [3.05, 3.63) is 48.0 Å². The first-order chi connectivity index (χ1) is 11.2. The molecule has 0 N–H and O–H groups in total. The normalized spacial score (nSPS) is 20.4. The molecule has 0 bridgehead atoms. The number of nitrogens with zero attached hydrogens (tertiary/aromatic N) is 2. The highest BCUT2D eigenvalue weighted by Gasteiger charge is 2.32. The van der Waals surface area contributed by atoms with Crippen molar-refractivity contribution in [3.8, 4) is 0 Å². The number of amides is 1. The van der Waals surface area contributed by atoms with E-state index in [-0.39, 0.29) is 17.9 Å². The number of carbonyl (C=O) groups excluding carboxylic acids is 1. The van der Waals surface area contributed by atoms with E-state index in [1.54, 1.807) is 6.08 Å². The molecule has 1 aliphatic heterocycles. The largest absolute Gasteiger partial charge is 0.390 e. The van der Waals surface area contributed by atoms with Gasteiger partial charge in [-0.15, -0.1) is 6.58 Å². The van der Waals surface area contributed by atoms with Gasteiger partial charge < -0.3 is 9.74 Å². The Hall–Kier alpha value is -2.10. The van der Waals surface area contributed by atoms with Gasteiger partial charge in [0.05, 0.1) is 12.3 Å². The number of aryl methyl sites for hydroxylation is 1. The lowest BCUT2D eigenvalue weighted by molar-refractivity contribution is -0.139. The zero-order valence-corrected chi connectivity index (χ0v) is 13.7. The quantitative estimate of drug-likeness (QED) is 0.756. The van der Waals surface area contributed by atoms with Crippen LogP contribution in [-0.4, -0.2) is 35.7 Å². The van der Waals surface area contributed by atoms with Gasteiger partial charge in [-0.1, -0.05) is 41.9 Å². The summed E-state index contributed by atoms with van der Waals surface area (Å²) in [7, 11) is 0. The van der Waals surface area contributed by atoms with Gasteiger partial charge in [0.2, 0.25) is 5.91 Å². The van der Waals surface area contributed by atoms with Crippen LogP contribution in [0, 0.1) is 12.8 Å². The minimum atomic E-state index is -0.0615. The van der Waals surface area contributed by atoms with Crippen LogP contribution < -0.4 is 0 Å². The Morgan fingerprint density at radius 3 is 2.87 bits per heavy atom. The molecule has 122 valence electrons. The number of benzene rings is 1. The molecule has 1 fully saturated rings. The molecular weight excluding hydrogens is 288 g/mol. The Morgan fingerprint density at radius 2 is 2.22 bits per heavy atom. The number of hydrogen-bond acceptors (Lipinski definition) is 3. The van der Waals surface area contributed by atoms with Gasteiger partial charge in [0.1, 0.15) is 0 Å². The zero-order valence-electron chi connectivity index (χ0n) is 13.7. The molecule has 1 unspecified atom stereocenters. The van der Waals surface area contributed by atoms with Gasteiger partial charge >= 0.3 is 0 Å². The first-order valence-corrected chi connectivity index (χ1v) is 8.37. The third-order valence-corrected chi connectivity index (χ3v) is 4.73. The average Bonchev–Trinajstić information content (AvgIpc) is 2.94. The maximum atomic E-state index is 12.5. The number of hydrogen-bond donors (Lipinski definition) is 0. The highest BCUT2D eigenvalue weighted by molar-refractivity contribution is 6.02. The van der Waals surface area contributed by atoms with E-state index in [0.29, 0.717) is 13.1 Å². The lowest BCUT2D eigenvalue weighted by Crippen LogP contribution is -2.43. The Bertz CT molecular complexity index is 620. The van der Waals surface area contributed by atoms with E-state index in [1.165, 1.54) is 12.0 Å². The number of carbonyl (C=O) groups is 1. The fraction of sp³-hybridized carbons (Fsp3) is 0.474. The number of oxime groups is 1. The van der Waals surface area contributed by atoms with Crippen LogP contribution in [0.3, 0.4) is 0 Å². The van der Waals surface area contributed by atoms with Crippen LogP contribution in [0.5, 0.6) is 0 Å². The van der Waals surface area contributed by atoms with Crippen LogP contribution in [0.25, 0.3) is 0 Å². The molecular formula is C19H24N2O2. The molecule has 0 radical (unpaired) electrons. The van der Waals surface area contributed by atoms with Crippen LogP contribution in [0.2, 0.25) is 0 Å². The monoisotopic (exact) mass is 312 g/mol. The summed E-state index contributed by atoms with van der Waals surface area (Å²) in [6.07, 6.45) is 5.67. The van der Waals surface area contributed by atoms with Crippen molar-refractivity contribution in [3.63, 3.8) is 0 Å². The van der Waals surface area contributed by atoms with E-state index in [2.05, 4.69) is 30.8 Å². The summed E-state index contributed by atoms with van der Waals surface area (Å²) in [6, 6.07) is 8.19. The van der Waals surface area contributed by atoms with Gasteiger partial charge in [0, 0.05) is 24.4 Å². The van der Waals surface area contributed by atoms with E-state index >= 15 is 0 Å². The summed E-state index contributed by atoms with van der Waals surface area (Å²) in [5.74, 6) is 0.442. The fourth-order valence-electron chi connectivity index (χ4n) is 3.15. The second-order valence-electron chi connectivity index (χ2n) is 6.44. The fourth-order valence-corrected chi connectivity index (χ4v) is 3.15. The van der Waals surface area contributed by atoms with Gasteiger partial charge in [-0.3, -0.25) is 4.79 Å². The second kappa shape index (κ2) is 6.99. The second-order valence-corrected chi connectivity index (χ2v) is 6.44. The highest BCUT2D eigenvalue weighted by Crippen LogP contribution is 2.29. The van der Waals surface area contributed by atoms with Crippen LogP contribution in [0.4, 0.5) is 0 Å². The molecule has 1 aromatic rings. The summed E-state index contributed by atoms with van der Waals surface area (Å²) in [5.41, 5.74) is 3.31. The van der Waals surface area contributed by atoms with Gasteiger partial charge in [0.15, 0.2) is 6.10 Å². The molecule has 4 nitrogen and oxygen atoms in total. The molecule has 0 saturated heterocycles. The minimum Gasteiger partial charge on any atom is -0.390 e. The van der Waals surface area contributed by atoms with Crippen LogP contribution >= 0.6 is 0 Å². The topological polar surface area (TPSA) is 41.9 Å². The van der Waals surface area contributed by atoms with Gasteiger partial charge in [-0.05, 0) is 25.3 Å². The first-order valence-electron chi connectivity index (χ1n) is 8.37. The predicted molar refractivity (Wildman–Crippen MR) is 91.3 cm³/mol. The Kier molecular flexibility index (Phi) is 4.79. The Balaban J connectivity index is 1.61. The van der Waals surface area contributed by atoms with Crippen LogP contribution in [-0.2, 0) is 9.63 Å². The standard InChI is InChI=1S/C19H24N2O2/c1-3-11-21(19(22)15-8-6-9-15)13-16-12-18(20-23-16)17-10-5-4-7-14(17)2/h3-5,7,10,15-16H,1,6,8-9,11-13H2,2H3. The van der Waals surface area contributed by atoms with Gasteiger partial charge in [-0.2, -0.15) is 0 Å². The van der Waals surface area contributed by atoms with Crippen molar-refractivity contribution in [1.82, 2.24) is 4.90 Å². The third-order valence-electron chi connectivity index (χ3n) is 4.73. The molecule has 1 aromatic carbocycles. The van der Waals surface area contributed by atoms with Crippen LogP contribution in [0.15, 0.2) is 42.1 Å². The van der Waals surface area contributed by atoms with E-state index in [9.17, 15) is 4.79 Å². The molecule has 1 atom stereocenters. The lowest BCUT2D eigenvalue weighted by Gasteiger charge is -2.32. The summed E-state index contributed by atoms with van der Waals surface area (Å²) >= 11 is 0.